The Morgan fingerprint density at radius 3 is 2.58 bits per heavy atom. The topological polar surface area (TPSA) is 69.2 Å². The van der Waals surface area contributed by atoms with Crippen molar-refractivity contribution in [1.29, 1.82) is 0 Å². The van der Waals surface area contributed by atoms with Gasteiger partial charge in [0.25, 0.3) is 5.91 Å². The number of nitrogens with one attached hydrogen (secondary N) is 1. The second-order valence-electron chi connectivity index (χ2n) is 6.38. The summed E-state index contributed by atoms with van der Waals surface area (Å²) in [7, 11) is 3.10. The smallest absolute Gasteiger partial charge is 0.271 e. The number of hydrazone groups is 1. The molecule has 1 amide bonds. The Balaban J connectivity index is 1.68. The molecular formula is C23H20BrClN2O4. The SMILES string of the molecule is COc1cccc(C(=O)N/N=C\c2cc(Br)c(OCc3ccc(Cl)cc3)c(OC)c2)c1. The molecule has 0 saturated carbocycles. The predicted molar refractivity (Wildman–Crippen MR) is 125 cm³/mol. The molecule has 0 aliphatic rings. The number of amides is 1. The normalized spacial score (nSPS) is 10.7. The highest BCUT2D eigenvalue weighted by molar-refractivity contribution is 9.10. The molecule has 3 aromatic carbocycles. The fourth-order valence-corrected chi connectivity index (χ4v) is 3.38. The Morgan fingerprint density at radius 2 is 1.87 bits per heavy atom. The van der Waals surface area contributed by atoms with Crippen LogP contribution in [0.2, 0.25) is 5.02 Å². The van der Waals surface area contributed by atoms with Gasteiger partial charge in [-0.1, -0.05) is 29.8 Å². The molecule has 6 nitrogen and oxygen atoms in total. The number of ether oxygens (including phenoxy) is 3. The fourth-order valence-electron chi connectivity index (χ4n) is 2.68. The van der Waals surface area contributed by atoms with Crippen molar-refractivity contribution in [3.63, 3.8) is 0 Å². The lowest BCUT2D eigenvalue weighted by Gasteiger charge is -2.13. The highest BCUT2D eigenvalue weighted by Crippen LogP contribution is 2.36. The monoisotopic (exact) mass is 502 g/mol. The van der Waals surface area contributed by atoms with Gasteiger partial charge in [-0.05, 0) is 69.5 Å². The zero-order valence-electron chi connectivity index (χ0n) is 16.9. The van der Waals surface area contributed by atoms with Crippen molar-refractivity contribution >= 4 is 39.7 Å². The van der Waals surface area contributed by atoms with E-state index in [0.717, 1.165) is 5.56 Å². The fraction of sp³-hybridized carbons (Fsp3) is 0.130. The second-order valence-corrected chi connectivity index (χ2v) is 7.67. The number of carbonyl (C=O) groups excluding carboxylic acids is 1. The number of hydrogen-bond acceptors (Lipinski definition) is 5. The summed E-state index contributed by atoms with van der Waals surface area (Å²) in [6.45, 7) is 0.357. The van der Waals surface area contributed by atoms with Crippen LogP contribution in [0.15, 0.2) is 70.2 Å². The number of nitrogens with zero attached hydrogens (tertiary/aromatic N) is 1. The molecule has 8 heteroatoms. The lowest BCUT2D eigenvalue weighted by Crippen LogP contribution is -2.17. The third kappa shape index (κ3) is 6.23. The van der Waals surface area contributed by atoms with E-state index in [-0.39, 0.29) is 5.91 Å². The van der Waals surface area contributed by atoms with Crippen LogP contribution in [0.5, 0.6) is 17.2 Å². The maximum Gasteiger partial charge on any atom is 0.271 e. The summed E-state index contributed by atoms with van der Waals surface area (Å²) in [4.78, 5) is 12.2. The molecule has 0 aromatic heterocycles. The van der Waals surface area contributed by atoms with Crippen LogP contribution in [-0.2, 0) is 6.61 Å². The molecule has 1 N–H and O–H groups in total. The van der Waals surface area contributed by atoms with E-state index in [1.165, 1.54) is 6.21 Å². The van der Waals surface area contributed by atoms with E-state index in [1.54, 1.807) is 44.6 Å². The largest absolute Gasteiger partial charge is 0.497 e. The standard InChI is InChI=1S/C23H20BrClN2O4/c1-29-19-5-3-4-17(12-19)23(28)27-26-13-16-10-20(24)22(21(11-16)30-2)31-14-15-6-8-18(25)9-7-15/h3-13H,14H2,1-2H3,(H,27,28)/b26-13-. The summed E-state index contributed by atoms with van der Waals surface area (Å²) in [6, 6.07) is 17.8. The van der Waals surface area contributed by atoms with Crippen LogP contribution in [0.1, 0.15) is 21.5 Å². The minimum absolute atomic E-state index is 0.343. The van der Waals surface area contributed by atoms with Crippen LogP contribution in [0.25, 0.3) is 0 Å². The van der Waals surface area contributed by atoms with Gasteiger partial charge in [-0.3, -0.25) is 4.79 Å². The Labute approximate surface area is 193 Å². The van der Waals surface area contributed by atoms with Crippen molar-refractivity contribution in [2.24, 2.45) is 5.10 Å². The molecule has 160 valence electrons. The highest BCUT2D eigenvalue weighted by atomic mass is 79.9. The van der Waals surface area contributed by atoms with Gasteiger partial charge >= 0.3 is 0 Å². The molecule has 0 fully saturated rings. The second kappa shape index (κ2) is 10.8. The first-order valence-electron chi connectivity index (χ1n) is 9.22. The summed E-state index contributed by atoms with van der Waals surface area (Å²) in [5, 5.41) is 4.70. The molecule has 31 heavy (non-hydrogen) atoms. The van der Waals surface area contributed by atoms with Crippen molar-refractivity contribution in [3.05, 3.63) is 86.8 Å². The molecule has 3 rings (SSSR count). The number of methoxy groups -OCH3 is 2. The van der Waals surface area contributed by atoms with Gasteiger partial charge in [0.05, 0.1) is 24.9 Å². The van der Waals surface area contributed by atoms with Crippen LogP contribution >= 0.6 is 27.5 Å². The van der Waals surface area contributed by atoms with Gasteiger partial charge in [0.2, 0.25) is 0 Å². The van der Waals surface area contributed by atoms with Crippen LogP contribution in [0, 0.1) is 0 Å². The van der Waals surface area contributed by atoms with Crippen LogP contribution in [-0.4, -0.2) is 26.3 Å². The first-order valence-corrected chi connectivity index (χ1v) is 10.4. The molecule has 0 aliphatic carbocycles. The Hall–Kier alpha value is -3.03. The molecule has 0 spiro atoms. The molecule has 0 heterocycles. The van der Waals surface area contributed by atoms with Crippen LogP contribution in [0.4, 0.5) is 0 Å². The van der Waals surface area contributed by atoms with Crippen molar-refractivity contribution in [2.75, 3.05) is 14.2 Å². The van der Waals surface area contributed by atoms with Crippen LogP contribution < -0.4 is 19.6 Å². The lowest BCUT2D eigenvalue weighted by molar-refractivity contribution is 0.0955. The summed E-state index contributed by atoms with van der Waals surface area (Å²) >= 11 is 9.42. The van der Waals surface area contributed by atoms with E-state index in [0.29, 0.717) is 44.5 Å². The summed E-state index contributed by atoms with van der Waals surface area (Å²) in [5.41, 5.74) is 4.64. The van der Waals surface area contributed by atoms with Crippen molar-refractivity contribution in [3.8, 4) is 17.2 Å². The summed E-state index contributed by atoms with van der Waals surface area (Å²) in [6.07, 6.45) is 1.52. The van der Waals surface area contributed by atoms with Crippen molar-refractivity contribution < 1.29 is 19.0 Å². The number of halogens is 2. The molecule has 0 bridgehead atoms. The highest BCUT2D eigenvalue weighted by Gasteiger charge is 2.12. The third-order valence-corrected chi connectivity index (χ3v) is 5.10. The average molecular weight is 504 g/mol. The summed E-state index contributed by atoms with van der Waals surface area (Å²) in [5.74, 6) is 1.35. The molecule has 0 radical (unpaired) electrons. The van der Waals surface area contributed by atoms with Crippen molar-refractivity contribution in [2.45, 2.75) is 6.61 Å². The van der Waals surface area contributed by atoms with E-state index in [9.17, 15) is 4.79 Å². The zero-order chi connectivity index (χ0) is 22.2. The van der Waals surface area contributed by atoms with Crippen LogP contribution in [0.3, 0.4) is 0 Å². The van der Waals surface area contributed by atoms with Gasteiger partial charge in [0.15, 0.2) is 11.5 Å². The van der Waals surface area contributed by atoms with E-state index >= 15 is 0 Å². The number of benzene rings is 3. The molecule has 3 aromatic rings. The number of hydrogen-bond donors (Lipinski definition) is 1. The van der Waals surface area contributed by atoms with Gasteiger partial charge in [0, 0.05) is 10.6 Å². The maximum atomic E-state index is 12.2. The predicted octanol–water partition coefficient (Wildman–Crippen LogP) is 5.46. The molecule has 0 aliphatic heterocycles. The van der Waals surface area contributed by atoms with E-state index in [4.69, 9.17) is 25.8 Å². The average Bonchev–Trinajstić information content (AvgIpc) is 2.79. The maximum absolute atomic E-state index is 12.2. The van der Waals surface area contributed by atoms with Gasteiger partial charge in [-0.2, -0.15) is 5.10 Å². The van der Waals surface area contributed by atoms with E-state index in [2.05, 4.69) is 26.5 Å². The minimum atomic E-state index is -0.343. The number of carbonyl (C=O) groups is 1. The van der Waals surface area contributed by atoms with Gasteiger partial charge < -0.3 is 14.2 Å². The molecule has 0 unspecified atom stereocenters. The Morgan fingerprint density at radius 1 is 1.10 bits per heavy atom. The first kappa shape index (κ1) is 22.7. The molecule has 0 saturated heterocycles. The van der Waals surface area contributed by atoms with Gasteiger partial charge in [-0.25, -0.2) is 5.43 Å². The zero-order valence-corrected chi connectivity index (χ0v) is 19.2. The summed E-state index contributed by atoms with van der Waals surface area (Å²) < 4.78 is 17.2. The minimum Gasteiger partial charge on any atom is -0.497 e. The van der Waals surface area contributed by atoms with E-state index < -0.39 is 0 Å². The van der Waals surface area contributed by atoms with E-state index in [1.807, 2.05) is 30.3 Å². The quantitative estimate of drug-likeness (QED) is 0.327. The Kier molecular flexibility index (Phi) is 7.92. The first-order chi connectivity index (χ1) is 15.0. The Bertz CT molecular complexity index is 1090. The number of rotatable bonds is 8. The molecular weight excluding hydrogens is 484 g/mol. The van der Waals surface area contributed by atoms with Gasteiger partial charge in [-0.15, -0.1) is 0 Å². The lowest BCUT2D eigenvalue weighted by atomic mass is 10.2. The molecule has 0 atom stereocenters. The third-order valence-electron chi connectivity index (χ3n) is 4.26. The van der Waals surface area contributed by atoms with Crippen molar-refractivity contribution in [1.82, 2.24) is 5.43 Å². The van der Waals surface area contributed by atoms with Gasteiger partial charge in [0.1, 0.15) is 12.4 Å².